The average molecular weight is 263 g/mol. The quantitative estimate of drug-likeness (QED) is 0.846. The summed E-state index contributed by atoms with van der Waals surface area (Å²) < 4.78 is 18.1. The van der Waals surface area contributed by atoms with Gasteiger partial charge in [-0.1, -0.05) is 12.1 Å². The van der Waals surface area contributed by atoms with Crippen molar-refractivity contribution in [2.75, 3.05) is 19.0 Å². The van der Waals surface area contributed by atoms with Crippen LogP contribution in [0.5, 0.6) is 0 Å². The number of hydrogen-bond donors (Lipinski definition) is 2. The van der Waals surface area contributed by atoms with Crippen molar-refractivity contribution in [2.45, 2.75) is 12.5 Å². The molecule has 0 aliphatic rings. The van der Waals surface area contributed by atoms with Gasteiger partial charge in [0.05, 0.1) is 18.2 Å². The van der Waals surface area contributed by atoms with Crippen molar-refractivity contribution in [3.63, 3.8) is 0 Å². The maximum atomic E-state index is 13.2. The SMILES string of the molecule is COC(CN)CC(=O)Nc1ccccc1F.Cl. The molecule has 1 unspecified atom stereocenters. The first-order valence-electron chi connectivity index (χ1n) is 4.94. The Morgan fingerprint density at radius 3 is 2.71 bits per heavy atom. The van der Waals surface area contributed by atoms with E-state index in [-0.39, 0.29) is 43.1 Å². The number of ether oxygens (including phenoxy) is 1. The van der Waals surface area contributed by atoms with Crippen molar-refractivity contribution in [3.8, 4) is 0 Å². The second-order valence-electron chi connectivity index (χ2n) is 3.33. The molecule has 0 saturated heterocycles. The highest BCUT2D eigenvalue weighted by Gasteiger charge is 2.12. The second kappa shape index (κ2) is 8.00. The lowest BCUT2D eigenvalue weighted by atomic mass is 10.2. The number of methoxy groups -OCH3 is 1. The number of carbonyl (C=O) groups excluding carboxylic acids is 1. The fourth-order valence-electron chi connectivity index (χ4n) is 1.23. The molecule has 96 valence electrons. The van der Waals surface area contributed by atoms with Crippen molar-refractivity contribution in [2.24, 2.45) is 5.73 Å². The molecule has 0 saturated carbocycles. The second-order valence-corrected chi connectivity index (χ2v) is 3.33. The van der Waals surface area contributed by atoms with Crippen LogP contribution >= 0.6 is 12.4 Å². The number of hydrogen-bond acceptors (Lipinski definition) is 3. The molecule has 0 fully saturated rings. The van der Waals surface area contributed by atoms with Gasteiger partial charge in [0.1, 0.15) is 5.82 Å². The van der Waals surface area contributed by atoms with E-state index in [2.05, 4.69) is 5.32 Å². The van der Waals surface area contributed by atoms with Crippen LogP contribution in [0.3, 0.4) is 0 Å². The molecule has 0 aromatic heterocycles. The summed E-state index contributed by atoms with van der Waals surface area (Å²) in [5.74, 6) is -0.778. The number of para-hydroxylation sites is 1. The minimum absolute atomic E-state index is 0. The molecule has 1 atom stereocenters. The number of anilines is 1. The summed E-state index contributed by atoms with van der Waals surface area (Å²) in [6, 6.07) is 5.99. The molecule has 17 heavy (non-hydrogen) atoms. The van der Waals surface area contributed by atoms with Crippen LogP contribution in [0.25, 0.3) is 0 Å². The Morgan fingerprint density at radius 2 is 2.18 bits per heavy atom. The van der Waals surface area contributed by atoms with Gasteiger partial charge in [0.15, 0.2) is 0 Å². The first kappa shape index (κ1) is 15.8. The van der Waals surface area contributed by atoms with E-state index in [1.54, 1.807) is 12.1 Å². The summed E-state index contributed by atoms with van der Waals surface area (Å²) in [6.45, 7) is 0.251. The zero-order valence-corrected chi connectivity index (χ0v) is 10.3. The maximum absolute atomic E-state index is 13.2. The normalized spacial score (nSPS) is 11.5. The Kier molecular flexibility index (Phi) is 7.45. The van der Waals surface area contributed by atoms with Crippen LogP contribution in [0.1, 0.15) is 6.42 Å². The highest BCUT2D eigenvalue weighted by Crippen LogP contribution is 2.12. The summed E-state index contributed by atoms with van der Waals surface area (Å²) >= 11 is 0. The Morgan fingerprint density at radius 1 is 1.53 bits per heavy atom. The molecule has 3 N–H and O–H groups in total. The van der Waals surface area contributed by atoms with Gasteiger partial charge in [-0.2, -0.15) is 0 Å². The molecule has 1 aromatic rings. The van der Waals surface area contributed by atoms with E-state index in [0.717, 1.165) is 0 Å². The van der Waals surface area contributed by atoms with Gasteiger partial charge in [0.25, 0.3) is 0 Å². The molecule has 1 rings (SSSR count). The minimum atomic E-state index is -0.461. The summed E-state index contributed by atoms with van der Waals surface area (Å²) in [7, 11) is 1.48. The van der Waals surface area contributed by atoms with E-state index in [1.807, 2.05) is 0 Å². The van der Waals surface area contributed by atoms with Gasteiger partial charge in [-0.05, 0) is 12.1 Å². The van der Waals surface area contributed by atoms with Gasteiger partial charge in [0.2, 0.25) is 5.91 Å². The van der Waals surface area contributed by atoms with Crippen LogP contribution in [0, 0.1) is 5.82 Å². The fourth-order valence-corrected chi connectivity index (χ4v) is 1.23. The first-order valence-corrected chi connectivity index (χ1v) is 4.94. The third-order valence-corrected chi connectivity index (χ3v) is 2.16. The van der Waals surface area contributed by atoms with Crippen LogP contribution < -0.4 is 11.1 Å². The molecule has 0 aliphatic heterocycles. The molecule has 1 amide bonds. The van der Waals surface area contributed by atoms with Gasteiger partial charge in [-0.15, -0.1) is 12.4 Å². The molecule has 4 nitrogen and oxygen atoms in total. The minimum Gasteiger partial charge on any atom is -0.380 e. The van der Waals surface area contributed by atoms with E-state index in [9.17, 15) is 9.18 Å². The molecule has 0 radical (unpaired) electrons. The van der Waals surface area contributed by atoms with Gasteiger partial charge in [-0.3, -0.25) is 4.79 Å². The summed E-state index contributed by atoms with van der Waals surface area (Å²) in [4.78, 5) is 11.5. The molecule has 0 heterocycles. The van der Waals surface area contributed by atoms with Crippen molar-refractivity contribution in [1.82, 2.24) is 0 Å². The zero-order valence-electron chi connectivity index (χ0n) is 9.48. The predicted octanol–water partition coefficient (Wildman–Crippen LogP) is 1.55. The number of amides is 1. The number of carbonyl (C=O) groups is 1. The van der Waals surface area contributed by atoms with E-state index >= 15 is 0 Å². The van der Waals surface area contributed by atoms with Crippen molar-refractivity contribution >= 4 is 24.0 Å². The summed E-state index contributed by atoms with van der Waals surface area (Å²) in [5.41, 5.74) is 5.54. The number of benzene rings is 1. The number of rotatable bonds is 5. The van der Waals surface area contributed by atoms with E-state index in [1.165, 1.54) is 19.2 Å². The van der Waals surface area contributed by atoms with E-state index < -0.39 is 5.82 Å². The molecule has 0 spiro atoms. The average Bonchev–Trinajstić information content (AvgIpc) is 2.29. The number of halogens is 2. The van der Waals surface area contributed by atoms with Gasteiger partial charge in [0, 0.05) is 13.7 Å². The van der Waals surface area contributed by atoms with Crippen molar-refractivity contribution in [3.05, 3.63) is 30.1 Å². The Balaban J connectivity index is 0.00000256. The van der Waals surface area contributed by atoms with Crippen LogP contribution in [0.4, 0.5) is 10.1 Å². The lowest BCUT2D eigenvalue weighted by molar-refractivity contribution is -0.118. The molecule has 0 aliphatic carbocycles. The third-order valence-electron chi connectivity index (χ3n) is 2.16. The lowest BCUT2D eigenvalue weighted by Crippen LogP contribution is -2.28. The Bertz CT molecular complexity index is 359. The van der Waals surface area contributed by atoms with Crippen LogP contribution in [-0.2, 0) is 9.53 Å². The van der Waals surface area contributed by atoms with Gasteiger partial charge < -0.3 is 15.8 Å². The van der Waals surface area contributed by atoms with Crippen LogP contribution in [0.15, 0.2) is 24.3 Å². The zero-order chi connectivity index (χ0) is 12.0. The largest absolute Gasteiger partial charge is 0.380 e. The summed E-state index contributed by atoms with van der Waals surface area (Å²) in [6.07, 6.45) is -0.229. The Labute approximate surface area is 106 Å². The monoisotopic (exact) mass is 262 g/mol. The predicted molar refractivity (Wildman–Crippen MR) is 66.7 cm³/mol. The highest BCUT2D eigenvalue weighted by molar-refractivity contribution is 5.91. The van der Waals surface area contributed by atoms with E-state index in [0.29, 0.717) is 0 Å². The van der Waals surface area contributed by atoms with Crippen LogP contribution in [-0.4, -0.2) is 25.7 Å². The molecule has 1 aromatic carbocycles. The molecule has 0 bridgehead atoms. The highest BCUT2D eigenvalue weighted by atomic mass is 35.5. The maximum Gasteiger partial charge on any atom is 0.227 e. The van der Waals surface area contributed by atoms with Crippen molar-refractivity contribution < 1.29 is 13.9 Å². The molecular formula is C11H16ClFN2O2. The smallest absolute Gasteiger partial charge is 0.227 e. The topological polar surface area (TPSA) is 64.3 Å². The third kappa shape index (κ3) is 5.12. The van der Waals surface area contributed by atoms with E-state index in [4.69, 9.17) is 10.5 Å². The lowest BCUT2D eigenvalue weighted by Gasteiger charge is -2.12. The standard InChI is InChI=1S/C11H15FN2O2.ClH/c1-16-8(7-13)6-11(15)14-10-5-3-2-4-9(10)12;/h2-5,8H,6-7,13H2,1H3,(H,14,15);1H. The summed E-state index contributed by atoms with van der Waals surface area (Å²) in [5, 5.41) is 2.46. The first-order chi connectivity index (χ1) is 7.67. The fraction of sp³-hybridized carbons (Fsp3) is 0.364. The number of nitrogens with one attached hydrogen (secondary N) is 1. The number of nitrogens with two attached hydrogens (primary N) is 1. The van der Waals surface area contributed by atoms with Gasteiger partial charge >= 0.3 is 0 Å². The van der Waals surface area contributed by atoms with Crippen molar-refractivity contribution in [1.29, 1.82) is 0 Å². The molecular weight excluding hydrogens is 247 g/mol. The van der Waals surface area contributed by atoms with Gasteiger partial charge in [-0.25, -0.2) is 4.39 Å². The molecule has 6 heteroatoms. The van der Waals surface area contributed by atoms with Crippen LogP contribution in [0.2, 0.25) is 0 Å². The Hall–Kier alpha value is -1.17.